The fraction of sp³-hybridized carbons (Fsp3) is 0. The zero-order valence-corrected chi connectivity index (χ0v) is 19.7. The van der Waals surface area contributed by atoms with E-state index in [0.29, 0.717) is 0 Å². The van der Waals surface area contributed by atoms with E-state index in [9.17, 15) is 28.1 Å². The van der Waals surface area contributed by atoms with E-state index in [1.807, 2.05) is 0 Å². The Morgan fingerprint density at radius 2 is 1.09 bits per heavy atom. The summed E-state index contributed by atoms with van der Waals surface area (Å²) >= 11 is 24.2. The molecule has 1 aliphatic heterocycles. The van der Waals surface area contributed by atoms with Gasteiger partial charge in [-0.3, -0.25) is 19.7 Å². The van der Waals surface area contributed by atoms with E-state index in [1.165, 1.54) is 24.3 Å². The lowest BCUT2D eigenvalue weighted by Gasteiger charge is -2.14. The second-order valence-corrected chi connectivity index (χ2v) is 10.2. The van der Waals surface area contributed by atoms with E-state index < -0.39 is 26.6 Å². The highest BCUT2D eigenvalue weighted by molar-refractivity contribution is 7.91. The van der Waals surface area contributed by atoms with Gasteiger partial charge in [-0.25, -0.2) is 13.3 Å². The molecule has 0 spiro atoms. The molecule has 3 aromatic carbocycles. The molecule has 0 radical (unpaired) electrons. The molecule has 0 saturated heterocycles. The minimum atomic E-state index is -4.02. The molecule has 0 atom stereocenters. The Morgan fingerprint density at radius 1 is 0.697 bits per heavy atom. The fourth-order valence-corrected chi connectivity index (χ4v) is 5.52. The maximum absolute atomic E-state index is 12.9. The van der Waals surface area contributed by atoms with Gasteiger partial charge in [0.25, 0.3) is 17.5 Å². The first kappa shape index (κ1) is 23.5. The van der Waals surface area contributed by atoms with Crippen LogP contribution in [0.2, 0.25) is 20.1 Å². The first-order valence-electron chi connectivity index (χ1n) is 8.81. The number of rotatable bonds is 4. The van der Waals surface area contributed by atoms with Gasteiger partial charge in [0.15, 0.2) is 0 Å². The molecule has 1 aliphatic rings. The van der Waals surface area contributed by atoms with E-state index in [1.54, 1.807) is 0 Å². The maximum atomic E-state index is 12.9. The summed E-state index contributed by atoms with van der Waals surface area (Å²) < 4.78 is 25.7. The molecule has 1 heterocycles. The first-order valence-corrected chi connectivity index (χ1v) is 11.8. The van der Waals surface area contributed by atoms with Crippen LogP contribution < -0.4 is 4.90 Å². The molecular formula is C20H8Cl4N2O6S. The predicted octanol–water partition coefficient (Wildman–Crippen LogP) is 5.84. The Kier molecular flexibility index (Phi) is 5.88. The van der Waals surface area contributed by atoms with Gasteiger partial charge in [-0.2, -0.15) is 0 Å². The van der Waals surface area contributed by atoms with Crippen LogP contribution in [0.15, 0.2) is 58.3 Å². The van der Waals surface area contributed by atoms with E-state index in [-0.39, 0.29) is 52.4 Å². The Balaban J connectivity index is 1.71. The van der Waals surface area contributed by atoms with Gasteiger partial charge >= 0.3 is 0 Å². The van der Waals surface area contributed by atoms with Gasteiger partial charge in [0.05, 0.1) is 51.6 Å². The van der Waals surface area contributed by atoms with Crippen molar-refractivity contribution >= 4 is 79.4 Å². The third kappa shape index (κ3) is 3.66. The van der Waals surface area contributed by atoms with Crippen molar-refractivity contribution < 1.29 is 22.9 Å². The smallest absolute Gasteiger partial charge is 0.268 e. The van der Waals surface area contributed by atoms with Gasteiger partial charge in [0.2, 0.25) is 9.84 Å². The zero-order valence-electron chi connectivity index (χ0n) is 15.9. The van der Waals surface area contributed by atoms with Crippen LogP contribution in [-0.4, -0.2) is 25.2 Å². The van der Waals surface area contributed by atoms with Gasteiger partial charge in [-0.1, -0.05) is 46.4 Å². The molecule has 2 amide bonds. The summed E-state index contributed by atoms with van der Waals surface area (Å²) in [6, 6.07) is 9.27. The third-order valence-electron chi connectivity index (χ3n) is 4.86. The highest BCUT2D eigenvalue weighted by Crippen LogP contribution is 2.45. The summed E-state index contributed by atoms with van der Waals surface area (Å²) in [5, 5.41) is 9.99. The van der Waals surface area contributed by atoms with Crippen LogP contribution in [0.25, 0.3) is 0 Å². The highest BCUT2D eigenvalue weighted by atomic mass is 35.5. The molecule has 168 valence electrons. The molecule has 0 unspecified atom stereocenters. The van der Waals surface area contributed by atoms with Crippen molar-refractivity contribution in [3.8, 4) is 0 Å². The molecule has 0 bridgehead atoms. The number of carbonyl (C=O) groups is 2. The second-order valence-electron chi connectivity index (χ2n) is 6.70. The number of benzene rings is 3. The minimum Gasteiger partial charge on any atom is -0.268 e. The molecule has 0 fully saturated rings. The molecule has 0 aliphatic carbocycles. The van der Waals surface area contributed by atoms with Gasteiger partial charge in [0.1, 0.15) is 0 Å². The number of non-ortho nitro benzene ring substituents is 1. The van der Waals surface area contributed by atoms with E-state index >= 15 is 0 Å². The minimum absolute atomic E-state index is 0.0585. The largest absolute Gasteiger partial charge is 0.269 e. The van der Waals surface area contributed by atoms with Crippen LogP contribution in [0.1, 0.15) is 20.7 Å². The molecule has 4 rings (SSSR count). The van der Waals surface area contributed by atoms with Gasteiger partial charge in [-0.05, 0) is 36.4 Å². The maximum Gasteiger partial charge on any atom is 0.269 e. The quantitative estimate of drug-likeness (QED) is 0.134. The van der Waals surface area contributed by atoms with Crippen LogP contribution in [0.5, 0.6) is 0 Å². The third-order valence-corrected chi connectivity index (χ3v) is 8.45. The number of sulfone groups is 1. The Labute approximate surface area is 206 Å². The van der Waals surface area contributed by atoms with Gasteiger partial charge in [-0.15, -0.1) is 0 Å². The lowest BCUT2D eigenvalue weighted by Crippen LogP contribution is -2.29. The number of nitro groups is 1. The summed E-state index contributed by atoms with van der Waals surface area (Å²) in [7, 11) is -4.02. The SMILES string of the molecule is O=C1c2c(Cl)c(Cl)c(Cl)c(Cl)c2C(=O)N1c1ccc(S(=O)(=O)c2ccc([N+](=O)[O-])cc2)cc1. The Bertz CT molecular complexity index is 1430. The number of fused-ring (bicyclic) bond motifs is 1. The average molecular weight is 546 g/mol. The predicted molar refractivity (Wildman–Crippen MR) is 123 cm³/mol. The summed E-state index contributed by atoms with van der Waals surface area (Å²) in [4.78, 5) is 36.4. The lowest BCUT2D eigenvalue weighted by molar-refractivity contribution is -0.384. The van der Waals surface area contributed by atoms with E-state index in [4.69, 9.17) is 46.4 Å². The van der Waals surface area contributed by atoms with Crippen molar-refractivity contribution in [1.29, 1.82) is 0 Å². The van der Waals surface area contributed by atoms with Crippen molar-refractivity contribution in [3.05, 3.63) is 89.9 Å². The van der Waals surface area contributed by atoms with Gasteiger partial charge < -0.3 is 0 Å². The number of imide groups is 1. The Hall–Kier alpha value is -2.69. The van der Waals surface area contributed by atoms with Crippen LogP contribution in [-0.2, 0) is 9.84 Å². The topological polar surface area (TPSA) is 115 Å². The number of anilines is 1. The molecule has 13 heteroatoms. The molecular weight excluding hydrogens is 538 g/mol. The zero-order chi connectivity index (χ0) is 24.2. The average Bonchev–Trinajstić information content (AvgIpc) is 3.06. The monoisotopic (exact) mass is 544 g/mol. The van der Waals surface area contributed by atoms with Crippen LogP contribution in [0.4, 0.5) is 11.4 Å². The summed E-state index contributed by atoms with van der Waals surface area (Å²) in [5.74, 6) is -1.60. The normalized spacial score (nSPS) is 13.4. The van der Waals surface area contributed by atoms with Crippen molar-refractivity contribution in [2.24, 2.45) is 0 Å². The summed E-state index contributed by atoms with van der Waals surface area (Å²) in [6.45, 7) is 0. The number of hydrogen-bond donors (Lipinski definition) is 0. The highest BCUT2D eigenvalue weighted by Gasteiger charge is 2.42. The van der Waals surface area contributed by atoms with Crippen LogP contribution in [0.3, 0.4) is 0 Å². The Morgan fingerprint density at radius 3 is 1.48 bits per heavy atom. The van der Waals surface area contributed by atoms with Crippen molar-refractivity contribution in [2.75, 3.05) is 4.90 Å². The number of hydrogen-bond acceptors (Lipinski definition) is 6. The lowest BCUT2D eigenvalue weighted by atomic mass is 10.1. The van der Waals surface area contributed by atoms with Crippen molar-refractivity contribution in [1.82, 2.24) is 0 Å². The molecule has 0 saturated carbocycles. The van der Waals surface area contributed by atoms with E-state index in [2.05, 4.69) is 0 Å². The molecule has 0 aromatic heterocycles. The molecule has 3 aromatic rings. The number of halogens is 4. The standard InChI is InChI=1S/C20H8Cl4N2O6S/c21-15-13-14(16(22)18(24)17(15)23)20(28)25(19(13)27)9-1-5-11(6-2-9)33(31,32)12-7-3-10(4-8-12)26(29)30/h1-8H. The van der Waals surface area contributed by atoms with Crippen LogP contribution >= 0.6 is 46.4 Å². The van der Waals surface area contributed by atoms with Crippen LogP contribution in [0, 0.1) is 10.1 Å². The number of nitrogens with zero attached hydrogens (tertiary/aromatic N) is 2. The summed E-state index contributed by atoms with van der Waals surface area (Å²) in [5.41, 5.74) is -0.608. The number of nitro benzene ring substituents is 1. The van der Waals surface area contributed by atoms with E-state index in [0.717, 1.165) is 29.2 Å². The second kappa shape index (κ2) is 8.27. The summed E-state index contributed by atoms with van der Waals surface area (Å²) in [6.07, 6.45) is 0. The van der Waals surface area contributed by atoms with Gasteiger partial charge in [0, 0.05) is 12.1 Å². The van der Waals surface area contributed by atoms with Crippen molar-refractivity contribution in [2.45, 2.75) is 9.79 Å². The molecule has 33 heavy (non-hydrogen) atoms. The fourth-order valence-electron chi connectivity index (χ4n) is 3.24. The number of carbonyl (C=O) groups excluding carboxylic acids is 2. The molecule has 8 nitrogen and oxygen atoms in total. The van der Waals surface area contributed by atoms with Crippen molar-refractivity contribution in [3.63, 3.8) is 0 Å². The number of amides is 2. The molecule has 0 N–H and O–H groups in total. The first-order chi connectivity index (χ1) is 15.5.